The van der Waals surface area contributed by atoms with E-state index in [1.165, 1.54) is 0 Å². The Morgan fingerprint density at radius 1 is 1.25 bits per heavy atom. The molecule has 118 valence electrons. The lowest BCUT2D eigenvalue weighted by molar-refractivity contribution is 0.155. The average Bonchev–Trinajstić information content (AvgIpc) is 2.38. The number of piperidine rings is 1. The second-order valence-electron chi connectivity index (χ2n) is 6.12. The molecule has 1 heterocycles. The molecule has 1 atom stereocenters. The van der Waals surface area contributed by atoms with E-state index in [1.807, 2.05) is 0 Å². The van der Waals surface area contributed by atoms with Gasteiger partial charge in [-0.15, -0.1) is 0 Å². The van der Waals surface area contributed by atoms with Crippen LogP contribution in [0, 0.1) is 11.8 Å². The Balaban J connectivity index is 2.41. The number of carbonyl (C=O) groups is 1. The summed E-state index contributed by atoms with van der Waals surface area (Å²) in [5.41, 5.74) is 0. The van der Waals surface area contributed by atoms with E-state index in [0.717, 1.165) is 25.9 Å². The van der Waals surface area contributed by atoms with Gasteiger partial charge in [0.15, 0.2) is 9.84 Å². The molecule has 0 aromatic heterocycles. The second-order valence-corrected chi connectivity index (χ2v) is 8.52. The van der Waals surface area contributed by atoms with Crippen molar-refractivity contribution in [2.45, 2.75) is 46.6 Å². The third-order valence-corrected chi connectivity index (χ3v) is 5.97. The van der Waals surface area contributed by atoms with Crippen LogP contribution in [-0.2, 0) is 9.84 Å². The number of rotatable bonds is 5. The molecule has 0 aliphatic carbocycles. The number of carbonyl (C=O) groups excluding carboxylic acids is 1. The van der Waals surface area contributed by atoms with Crippen LogP contribution in [-0.4, -0.2) is 50.0 Å². The van der Waals surface area contributed by atoms with Crippen LogP contribution in [0.1, 0.15) is 40.5 Å². The van der Waals surface area contributed by atoms with Gasteiger partial charge in [-0.05, 0) is 31.6 Å². The number of urea groups is 1. The number of amides is 2. The summed E-state index contributed by atoms with van der Waals surface area (Å²) in [6, 6.07) is -0.471. The van der Waals surface area contributed by atoms with Crippen LogP contribution in [0.15, 0.2) is 0 Å². The van der Waals surface area contributed by atoms with Gasteiger partial charge in [-0.2, -0.15) is 0 Å². The molecule has 1 aliphatic heterocycles. The minimum absolute atomic E-state index is 0.0116. The van der Waals surface area contributed by atoms with Gasteiger partial charge in [-0.1, -0.05) is 20.8 Å². The minimum Gasteiger partial charge on any atom is -0.335 e. The van der Waals surface area contributed by atoms with Gasteiger partial charge in [0.05, 0.1) is 5.75 Å². The highest BCUT2D eigenvalue weighted by molar-refractivity contribution is 7.91. The smallest absolute Gasteiger partial charge is 0.317 e. The molecule has 1 fully saturated rings. The van der Waals surface area contributed by atoms with Gasteiger partial charge in [0, 0.05) is 24.9 Å². The van der Waals surface area contributed by atoms with E-state index in [9.17, 15) is 13.2 Å². The summed E-state index contributed by atoms with van der Waals surface area (Å²) in [4.78, 5) is 13.9. The molecule has 2 amide bonds. The van der Waals surface area contributed by atoms with Gasteiger partial charge in [-0.25, -0.2) is 13.2 Å². The van der Waals surface area contributed by atoms with Crippen molar-refractivity contribution in [3.8, 4) is 0 Å². The Hall–Kier alpha value is -0.780. The minimum atomic E-state index is -3.05. The number of sulfone groups is 1. The van der Waals surface area contributed by atoms with Crippen molar-refractivity contribution in [2.24, 2.45) is 11.8 Å². The predicted octanol–water partition coefficient (Wildman–Crippen LogP) is 1.89. The Labute approximate surface area is 123 Å². The summed E-state index contributed by atoms with van der Waals surface area (Å²) >= 11 is 0. The number of nitrogens with one attached hydrogen (secondary N) is 1. The average molecular weight is 304 g/mol. The van der Waals surface area contributed by atoms with E-state index in [-0.39, 0.29) is 23.6 Å². The zero-order chi connectivity index (χ0) is 15.3. The van der Waals surface area contributed by atoms with E-state index in [1.54, 1.807) is 18.7 Å². The zero-order valence-electron chi connectivity index (χ0n) is 13.1. The third-order valence-electron chi connectivity index (χ3n) is 4.08. The summed E-state index contributed by atoms with van der Waals surface area (Å²) in [5, 5.41) is 2.79. The van der Waals surface area contributed by atoms with E-state index < -0.39 is 9.84 Å². The number of hydrogen-bond acceptors (Lipinski definition) is 3. The van der Waals surface area contributed by atoms with E-state index >= 15 is 0 Å². The first-order chi connectivity index (χ1) is 9.25. The molecule has 0 bridgehead atoms. The van der Waals surface area contributed by atoms with Crippen LogP contribution in [0.2, 0.25) is 0 Å². The third kappa shape index (κ3) is 5.31. The predicted molar refractivity (Wildman–Crippen MR) is 81.5 cm³/mol. The first-order valence-corrected chi connectivity index (χ1v) is 9.33. The SMILES string of the molecule is CCS(=O)(=O)C[C@H](C)NC(=O)N1CCC(C(C)C)CC1. The molecule has 5 nitrogen and oxygen atoms in total. The normalized spacial score (nSPS) is 19.1. The van der Waals surface area contributed by atoms with E-state index in [2.05, 4.69) is 19.2 Å². The van der Waals surface area contributed by atoms with Crippen LogP contribution in [0.3, 0.4) is 0 Å². The van der Waals surface area contributed by atoms with E-state index in [4.69, 9.17) is 0 Å². The highest BCUT2D eigenvalue weighted by atomic mass is 32.2. The molecular formula is C14H28N2O3S. The van der Waals surface area contributed by atoms with Crippen molar-refractivity contribution >= 4 is 15.9 Å². The first-order valence-electron chi connectivity index (χ1n) is 7.51. The fraction of sp³-hybridized carbons (Fsp3) is 0.929. The second kappa shape index (κ2) is 7.29. The fourth-order valence-electron chi connectivity index (χ4n) is 2.61. The number of hydrogen-bond donors (Lipinski definition) is 1. The summed E-state index contributed by atoms with van der Waals surface area (Å²) in [7, 11) is -3.05. The largest absolute Gasteiger partial charge is 0.335 e. The van der Waals surface area contributed by atoms with Crippen molar-refractivity contribution in [1.82, 2.24) is 10.2 Å². The first kappa shape index (κ1) is 17.3. The van der Waals surface area contributed by atoms with Gasteiger partial charge in [0.25, 0.3) is 0 Å². The number of nitrogens with zero attached hydrogens (tertiary/aromatic N) is 1. The van der Waals surface area contributed by atoms with Crippen LogP contribution in [0.5, 0.6) is 0 Å². The van der Waals surface area contributed by atoms with E-state index in [0.29, 0.717) is 11.8 Å². The quantitative estimate of drug-likeness (QED) is 0.843. The monoisotopic (exact) mass is 304 g/mol. The molecule has 0 aromatic carbocycles. The van der Waals surface area contributed by atoms with Crippen molar-refractivity contribution in [1.29, 1.82) is 0 Å². The van der Waals surface area contributed by atoms with Gasteiger partial charge in [0.2, 0.25) is 0 Å². The molecule has 1 saturated heterocycles. The standard InChI is InChI=1S/C14H28N2O3S/c1-5-20(18,19)10-12(4)15-14(17)16-8-6-13(7-9-16)11(2)3/h11-13H,5-10H2,1-4H3,(H,15,17)/t12-/m0/s1. The number of likely N-dealkylation sites (tertiary alicyclic amines) is 1. The molecule has 0 saturated carbocycles. The van der Waals surface area contributed by atoms with Gasteiger partial charge >= 0.3 is 6.03 Å². The van der Waals surface area contributed by atoms with Crippen LogP contribution in [0.4, 0.5) is 4.79 Å². The Kier molecular flexibility index (Phi) is 6.30. The Bertz CT molecular complexity index is 412. The summed E-state index contributed by atoms with van der Waals surface area (Å²) in [6.45, 7) is 9.34. The molecule has 6 heteroatoms. The molecule has 0 aromatic rings. The topological polar surface area (TPSA) is 66.5 Å². The maximum Gasteiger partial charge on any atom is 0.317 e. The molecule has 1 N–H and O–H groups in total. The van der Waals surface area contributed by atoms with Crippen LogP contribution >= 0.6 is 0 Å². The van der Waals surface area contributed by atoms with Crippen molar-refractivity contribution in [3.63, 3.8) is 0 Å². The van der Waals surface area contributed by atoms with Crippen molar-refractivity contribution < 1.29 is 13.2 Å². The maximum atomic E-state index is 12.1. The van der Waals surface area contributed by atoms with Crippen LogP contribution in [0.25, 0.3) is 0 Å². The lowest BCUT2D eigenvalue weighted by Crippen LogP contribution is -2.49. The lowest BCUT2D eigenvalue weighted by Gasteiger charge is -2.34. The summed E-state index contributed by atoms with van der Waals surface area (Å²) < 4.78 is 23.0. The van der Waals surface area contributed by atoms with Crippen molar-refractivity contribution in [3.05, 3.63) is 0 Å². The fourth-order valence-corrected chi connectivity index (χ4v) is 3.69. The molecule has 0 unspecified atom stereocenters. The maximum absolute atomic E-state index is 12.1. The summed E-state index contributed by atoms with van der Waals surface area (Å²) in [5.74, 6) is 1.48. The van der Waals surface area contributed by atoms with Crippen molar-refractivity contribution in [2.75, 3.05) is 24.6 Å². The molecular weight excluding hydrogens is 276 g/mol. The lowest BCUT2D eigenvalue weighted by atomic mass is 9.87. The molecule has 0 spiro atoms. The Morgan fingerprint density at radius 3 is 2.25 bits per heavy atom. The van der Waals surface area contributed by atoms with Gasteiger partial charge in [-0.3, -0.25) is 0 Å². The molecule has 1 aliphatic rings. The Morgan fingerprint density at radius 2 is 1.80 bits per heavy atom. The summed E-state index contributed by atoms with van der Waals surface area (Å²) in [6.07, 6.45) is 2.07. The van der Waals surface area contributed by atoms with Gasteiger partial charge < -0.3 is 10.2 Å². The highest BCUT2D eigenvalue weighted by Gasteiger charge is 2.25. The highest BCUT2D eigenvalue weighted by Crippen LogP contribution is 2.24. The molecule has 1 rings (SSSR count). The molecule has 20 heavy (non-hydrogen) atoms. The zero-order valence-corrected chi connectivity index (χ0v) is 13.9. The van der Waals surface area contributed by atoms with Crippen LogP contribution < -0.4 is 5.32 Å². The van der Waals surface area contributed by atoms with Gasteiger partial charge in [0.1, 0.15) is 0 Å². The molecule has 0 radical (unpaired) electrons.